The van der Waals surface area contributed by atoms with Gasteiger partial charge < -0.3 is 15.1 Å². The van der Waals surface area contributed by atoms with E-state index in [2.05, 4.69) is 10.2 Å². The molecule has 0 saturated carbocycles. The molecule has 6 heteroatoms. The number of hydrogen-bond acceptors (Lipinski definition) is 3. The first kappa shape index (κ1) is 15.8. The zero-order chi connectivity index (χ0) is 14.4. The van der Waals surface area contributed by atoms with Crippen molar-refractivity contribution in [3.8, 4) is 0 Å². The van der Waals surface area contributed by atoms with Crippen molar-refractivity contribution in [2.24, 2.45) is 0 Å². The van der Waals surface area contributed by atoms with Crippen molar-refractivity contribution in [2.75, 3.05) is 46.3 Å². The van der Waals surface area contributed by atoms with Crippen LogP contribution in [0.25, 0.3) is 0 Å². The molecule has 110 valence electrons. The molecule has 1 rings (SSSR count). The van der Waals surface area contributed by atoms with E-state index in [4.69, 9.17) is 0 Å². The van der Waals surface area contributed by atoms with Crippen LogP contribution in [0.15, 0.2) is 0 Å². The standard InChI is InChI=1S/C13H26N4O2/c1-5-14-13(19)17-8-6-16(7-9-17)10-12(18)15(4)11(2)3/h11H,5-10H2,1-4H3,(H,14,19). The Balaban J connectivity index is 2.34. The van der Waals surface area contributed by atoms with Gasteiger partial charge >= 0.3 is 6.03 Å². The number of carbonyl (C=O) groups is 2. The molecule has 1 aliphatic heterocycles. The third kappa shape index (κ3) is 4.70. The monoisotopic (exact) mass is 270 g/mol. The van der Waals surface area contributed by atoms with Crippen molar-refractivity contribution in [3.63, 3.8) is 0 Å². The minimum absolute atomic E-state index is 0.00669. The lowest BCUT2D eigenvalue weighted by atomic mass is 10.3. The lowest BCUT2D eigenvalue weighted by molar-refractivity contribution is -0.132. The van der Waals surface area contributed by atoms with Crippen molar-refractivity contribution in [1.29, 1.82) is 0 Å². The first-order valence-corrected chi connectivity index (χ1v) is 6.96. The molecule has 1 aliphatic rings. The van der Waals surface area contributed by atoms with Gasteiger partial charge in [-0.1, -0.05) is 0 Å². The summed E-state index contributed by atoms with van der Waals surface area (Å²) in [5.41, 5.74) is 0. The molecule has 0 unspecified atom stereocenters. The maximum atomic E-state index is 12.0. The summed E-state index contributed by atoms with van der Waals surface area (Å²) in [5.74, 6) is 0.140. The minimum Gasteiger partial charge on any atom is -0.342 e. The van der Waals surface area contributed by atoms with E-state index < -0.39 is 0 Å². The third-order valence-electron chi connectivity index (χ3n) is 3.51. The number of urea groups is 1. The van der Waals surface area contributed by atoms with Crippen LogP contribution in [0.3, 0.4) is 0 Å². The van der Waals surface area contributed by atoms with Crippen molar-refractivity contribution in [1.82, 2.24) is 20.0 Å². The second kappa shape index (κ2) is 7.33. The molecular formula is C13H26N4O2. The number of carbonyl (C=O) groups excluding carboxylic acids is 2. The number of hydrogen-bond donors (Lipinski definition) is 1. The van der Waals surface area contributed by atoms with Gasteiger partial charge in [0.1, 0.15) is 0 Å². The van der Waals surface area contributed by atoms with Gasteiger partial charge in [-0.15, -0.1) is 0 Å². The smallest absolute Gasteiger partial charge is 0.317 e. The number of nitrogens with one attached hydrogen (secondary N) is 1. The largest absolute Gasteiger partial charge is 0.342 e. The van der Waals surface area contributed by atoms with Gasteiger partial charge in [0, 0.05) is 45.8 Å². The van der Waals surface area contributed by atoms with Crippen LogP contribution in [0.1, 0.15) is 20.8 Å². The fourth-order valence-corrected chi connectivity index (χ4v) is 1.96. The van der Waals surface area contributed by atoms with Gasteiger partial charge in [-0.25, -0.2) is 4.79 Å². The molecule has 1 N–H and O–H groups in total. The zero-order valence-corrected chi connectivity index (χ0v) is 12.5. The summed E-state index contributed by atoms with van der Waals surface area (Å²) in [6, 6.07) is 0.219. The van der Waals surface area contributed by atoms with Crippen LogP contribution in [0.2, 0.25) is 0 Å². The quantitative estimate of drug-likeness (QED) is 0.794. The predicted molar refractivity (Wildman–Crippen MR) is 75.0 cm³/mol. The summed E-state index contributed by atoms with van der Waals surface area (Å²) < 4.78 is 0. The van der Waals surface area contributed by atoms with E-state index in [0.29, 0.717) is 26.2 Å². The van der Waals surface area contributed by atoms with Gasteiger partial charge in [0.05, 0.1) is 6.54 Å². The fourth-order valence-electron chi connectivity index (χ4n) is 1.96. The molecule has 0 aromatic heterocycles. The fraction of sp³-hybridized carbons (Fsp3) is 0.846. The highest BCUT2D eigenvalue weighted by Crippen LogP contribution is 2.04. The van der Waals surface area contributed by atoms with Crippen molar-refractivity contribution in [3.05, 3.63) is 0 Å². The number of nitrogens with zero attached hydrogens (tertiary/aromatic N) is 3. The first-order chi connectivity index (χ1) is 8.95. The highest BCUT2D eigenvalue weighted by molar-refractivity contribution is 5.78. The molecule has 6 nitrogen and oxygen atoms in total. The van der Waals surface area contributed by atoms with E-state index in [-0.39, 0.29) is 18.0 Å². The molecule has 0 radical (unpaired) electrons. The summed E-state index contributed by atoms with van der Waals surface area (Å²) in [7, 11) is 1.83. The van der Waals surface area contributed by atoms with Crippen LogP contribution in [0.4, 0.5) is 4.79 Å². The number of rotatable bonds is 4. The van der Waals surface area contributed by atoms with Gasteiger partial charge in [-0.2, -0.15) is 0 Å². The van der Waals surface area contributed by atoms with E-state index in [1.54, 1.807) is 9.80 Å². The van der Waals surface area contributed by atoms with E-state index in [1.165, 1.54) is 0 Å². The third-order valence-corrected chi connectivity index (χ3v) is 3.51. The van der Waals surface area contributed by atoms with Crippen LogP contribution in [0, 0.1) is 0 Å². The van der Waals surface area contributed by atoms with Crippen LogP contribution in [-0.4, -0.2) is 79.0 Å². The van der Waals surface area contributed by atoms with Gasteiger partial charge in [-0.05, 0) is 20.8 Å². The molecule has 3 amide bonds. The minimum atomic E-state index is -0.00669. The Hall–Kier alpha value is -1.30. The zero-order valence-electron chi connectivity index (χ0n) is 12.5. The summed E-state index contributed by atoms with van der Waals surface area (Å²) >= 11 is 0. The Morgan fingerprint density at radius 3 is 2.26 bits per heavy atom. The molecule has 0 atom stereocenters. The number of amides is 3. The Morgan fingerprint density at radius 2 is 1.79 bits per heavy atom. The van der Waals surface area contributed by atoms with Gasteiger partial charge in [0.15, 0.2) is 0 Å². The topological polar surface area (TPSA) is 55.9 Å². The second-order valence-electron chi connectivity index (χ2n) is 5.20. The molecule has 0 aliphatic carbocycles. The Labute approximate surface area is 115 Å². The highest BCUT2D eigenvalue weighted by atomic mass is 16.2. The van der Waals surface area contributed by atoms with Crippen LogP contribution in [0.5, 0.6) is 0 Å². The van der Waals surface area contributed by atoms with Crippen LogP contribution in [-0.2, 0) is 4.79 Å². The molecule has 1 saturated heterocycles. The van der Waals surface area contributed by atoms with E-state index >= 15 is 0 Å². The average Bonchev–Trinajstić information content (AvgIpc) is 2.38. The normalized spacial score (nSPS) is 16.6. The SMILES string of the molecule is CCNC(=O)N1CCN(CC(=O)N(C)C(C)C)CC1. The second-order valence-corrected chi connectivity index (χ2v) is 5.20. The number of piperazine rings is 1. The molecule has 19 heavy (non-hydrogen) atoms. The molecule has 0 aromatic rings. The molecular weight excluding hydrogens is 244 g/mol. The average molecular weight is 270 g/mol. The Bertz CT molecular complexity index is 312. The van der Waals surface area contributed by atoms with Gasteiger partial charge in [0.25, 0.3) is 0 Å². The van der Waals surface area contributed by atoms with E-state index in [1.807, 2.05) is 27.8 Å². The molecule has 0 aromatic carbocycles. The maximum absolute atomic E-state index is 12.0. The summed E-state index contributed by atoms with van der Waals surface area (Å²) in [4.78, 5) is 29.3. The summed E-state index contributed by atoms with van der Waals surface area (Å²) in [5, 5.41) is 2.80. The van der Waals surface area contributed by atoms with E-state index in [9.17, 15) is 9.59 Å². The van der Waals surface area contributed by atoms with Gasteiger partial charge in [-0.3, -0.25) is 9.69 Å². The highest BCUT2D eigenvalue weighted by Gasteiger charge is 2.23. The predicted octanol–water partition coefficient (Wildman–Crippen LogP) is 0.200. The van der Waals surface area contributed by atoms with Crippen molar-refractivity contribution in [2.45, 2.75) is 26.8 Å². The maximum Gasteiger partial charge on any atom is 0.317 e. The van der Waals surface area contributed by atoms with Crippen LogP contribution < -0.4 is 5.32 Å². The summed E-state index contributed by atoms with van der Waals surface area (Å²) in [6.07, 6.45) is 0. The van der Waals surface area contributed by atoms with E-state index in [0.717, 1.165) is 13.1 Å². The summed E-state index contributed by atoms with van der Waals surface area (Å²) in [6.45, 7) is 9.90. The van der Waals surface area contributed by atoms with Crippen LogP contribution >= 0.6 is 0 Å². The molecule has 1 fully saturated rings. The molecule has 1 heterocycles. The lowest BCUT2D eigenvalue weighted by Gasteiger charge is -2.35. The Kier molecular flexibility index (Phi) is 6.08. The Morgan fingerprint density at radius 1 is 1.21 bits per heavy atom. The van der Waals surface area contributed by atoms with Gasteiger partial charge in [0.2, 0.25) is 5.91 Å². The van der Waals surface area contributed by atoms with Crippen molar-refractivity contribution >= 4 is 11.9 Å². The molecule has 0 bridgehead atoms. The molecule has 0 spiro atoms. The number of likely N-dealkylation sites (N-methyl/N-ethyl adjacent to an activating group) is 1. The van der Waals surface area contributed by atoms with Crippen molar-refractivity contribution < 1.29 is 9.59 Å². The lowest BCUT2D eigenvalue weighted by Crippen LogP contribution is -2.53. The first-order valence-electron chi connectivity index (χ1n) is 6.96.